The largest absolute Gasteiger partial charge is 0.495 e. The van der Waals surface area contributed by atoms with Crippen LogP contribution in [0.5, 0.6) is 5.75 Å². The molecule has 0 spiro atoms. The highest BCUT2D eigenvalue weighted by Gasteiger charge is 2.17. The minimum atomic E-state index is -0.908. The van der Waals surface area contributed by atoms with Crippen molar-refractivity contribution in [2.24, 2.45) is 0 Å². The normalized spacial score (nSPS) is 9.61. The second-order valence-corrected chi connectivity index (χ2v) is 4.85. The number of halogens is 1. The van der Waals surface area contributed by atoms with E-state index in [-0.39, 0.29) is 16.9 Å². The van der Waals surface area contributed by atoms with E-state index in [2.05, 4.69) is 10.6 Å². The van der Waals surface area contributed by atoms with Crippen molar-refractivity contribution in [2.75, 3.05) is 17.7 Å². The van der Waals surface area contributed by atoms with Crippen LogP contribution >= 0.6 is 11.6 Å². The number of rotatable bonds is 3. The van der Waals surface area contributed by atoms with E-state index in [0.29, 0.717) is 10.8 Å². The van der Waals surface area contributed by atoms with Gasteiger partial charge in [-0.1, -0.05) is 23.7 Å². The molecule has 0 aliphatic rings. The van der Waals surface area contributed by atoms with E-state index in [0.717, 1.165) is 0 Å². The van der Waals surface area contributed by atoms with E-state index in [4.69, 9.17) is 21.6 Å². The van der Waals surface area contributed by atoms with Gasteiger partial charge in [0.05, 0.1) is 24.0 Å². The van der Waals surface area contributed by atoms with Gasteiger partial charge in [0.25, 0.3) is 0 Å². The van der Waals surface area contributed by atoms with Crippen LogP contribution in [0.4, 0.5) is 11.4 Å². The number of amides is 2. The van der Waals surface area contributed by atoms with Gasteiger partial charge in [-0.2, -0.15) is 5.26 Å². The number of nitriles is 1. The Kier molecular flexibility index (Phi) is 5.18. The number of carbonyl (C=O) groups is 2. The summed E-state index contributed by atoms with van der Waals surface area (Å²) in [7, 11) is 1.43. The summed E-state index contributed by atoms with van der Waals surface area (Å²) in [5, 5.41) is 14.2. The lowest BCUT2D eigenvalue weighted by Crippen LogP contribution is -2.29. The molecular weight excluding hydrogens is 318 g/mol. The first-order valence-electron chi connectivity index (χ1n) is 6.50. The van der Waals surface area contributed by atoms with Crippen LogP contribution in [0.15, 0.2) is 42.5 Å². The molecule has 2 N–H and O–H groups in total. The highest BCUT2D eigenvalue weighted by atomic mass is 35.5. The molecule has 0 aliphatic carbocycles. The minimum absolute atomic E-state index is 0.258. The summed E-state index contributed by atoms with van der Waals surface area (Å²) in [6.45, 7) is 0. The molecule has 2 rings (SSSR count). The van der Waals surface area contributed by atoms with E-state index in [1.807, 2.05) is 6.07 Å². The Bertz CT molecular complexity index is 799. The third kappa shape index (κ3) is 3.99. The fourth-order valence-corrected chi connectivity index (χ4v) is 2.00. The second-order valence-electron chi connectivity index (χ2n) is 4.41. The van der Waals surface area contributed by atoms with E-state index in [1.54, 1.807) is 24.3 Å². The number of hydrogen-bond donors (Lipinski definition) is 2. The molecule has 2 aromatic carbocycles. The Hall–Kier alpha value is -3.04. The number of carbonyl (C=O) groups excluding carboxylic acids is 2. The van der Waals surface area contributed by atoms with Gasteiger partial charge >= 0.3 is 11.8 Å². The van der Waals surface area contributed by atoms with Gasteiger partial charge in [0.1, 0.15) is 11.8 Å². The fraction of sp³-hybridized carbons (Fsp3) is 0.0625. The van der Waals surface area contributed by atoms with Gasteiger partial charge in [-0.25, -0.2) is 0 Å². The summed E-state index contributed by atoms with van der Waals surface area (Å²) >= 11 is 5.86. The third-order valence-corrected chi connectivity index (χ3v) is 3.15. The van der Waals surface area contributed by atoms with Crippen molar-refractivity contribution in [1.82, 2.24) is 0 Å². The van der Waals surface area contributed by atoms with E-state index >= 15 is 0 Å². The molecule has 0 fully saturated rings. The van der Waals surface area contributed by atoms with Crippen LogP contribution in [0.25, 0.3) is 0 Å². The van der Waals surface area contributed by atoms with Gasteiger partial charge < -0.3 is 15.4 Å². The van der Waals surface area contributed by atoms with Crippen molar-refractivity contribution >= 4 is 34.8 Å². The molecular formula is C16H12ClN3O3. The molecule has 2 amide bonds. The summed E-state index contributed by atoms with van der Waals surface area (Å²) in [5.74, 6) is -1.44. The lowest BCUT2D eigenvalue weighted by molar-refractivity contribution is -0.133. The lowest BCUT2D eigenvalue weighted by Gasteiger charge is -2.11. The van der Waals surface area contributed by atoms with Crippen LogP contribution in [0, 0.1) is 11.3 Å². The maximum Gasteiger partial charge on any atom is 0.314 e. The van der Waals surface area contributed by atoms with Gasteiger partial charge in [0.15, 0.2) is 0 Å². The molecule has 2 aromatic rings. The summed E-state index contributed by atoms with van der Waals surface area (Å²) < 4.78 is 5.09. The van der Waals surface area contributed by atoms with Gasteiger partial charge in [0, 0.05) is 5.02 Å². The molecule has 0 saturated carbocycles. The maximum absolute atomic E-state index is 12.0. The van der Waals surface area contributed by atoms with Crippen LogP contribution < -0.4 is 15.4 Å². The van der Waals surface area contributed by atoms with Gasteiger partial charge in [-0.05, 0) is 30.3 Å². The monoisotopic (exact) mass is 329 g/mol. The maximum atomic E-state index is 12.0. The van der Waals surface area contributed by atoms with Crippen molar-refractivity contribution in [3.8, 4) is 11.8 Å². The number of methoxy groups -OCH3 is 1. The minimum Gasteiger partial charge on any atom is -0.495 e. The molecule has 6 nitrogen and oxygen atoms in total. The summed E-state index contributed by atoms with van der Waals surface area (Å²) in [6, 6.07) is 12.9. The van der Waals surface area contributed by atoms with Crippen molar-refractivity contribution < 1.29 is 14.3 Å². The van der Waals surface area contributed by atoms with E-state index < -0.39 is 11.8 Å². The zero-order valence-electron chi connectivity index (χ0n) is 12.1. The van der Waals surface area contributed by atoms with Crippen molar-refractivity contribution in [3.63, 3.8) is 0 Å². The molecule has 0 heterocycles. The Morgan fingerprint density at radius 1 is 1.09 bits per heavy atom. The number of benzene rings is 2. The quantitative estimate of drug-likeness (QED) is 0.847. The second kappa shape index (κ2) is 7.29. The van der Waals surface area contributed by atoms with Gasteiger partial charge in [0.2, 0.25) is 0 Å². The highest BCUT2D eigenvalue weighted by molar-refractivity contribution is 6.44. The van der Waals surface area contributed by atoms with Crippen molar-refractivity contribution in [1.29, 1.82) is 5.26 Å². The predicted octanol–water partition coefficient (Wildman–Crippen LogP) is 2.80. The molecule has 116 valence electrons. The number of nitrogens with zero attached hydrogens (tertiary/aromatic N) is 1. The molecule has 23 heavy (non-hydrogen) atoms. The SMILES string of the molecule is COc1ccc(Cl)cc1NC(=O)C(=O)Nc1ccccc1C#N. The van der Waals surface area contributed by atoms with Crippen molar-refractivity contribution in [2.45, 2.75) is 0 Å². The van der Waals surface area contributed by atoms with Crippen LogP contribution in [0.1, 0.15) is 5.56 Å². The summed E-state index contributed by atoms with van der Waals surface area (Å²) in [6.07, 6.45) is 0. The van der Waals surface area contributed by atoms with E-state index in [9.17, 15) is 9.59 Å². The molecule has 0 aromatic heterocycles. The van der Waals surface area contributed by atoms with Gasteiger partial charge in [-0.15, -0.1) is 0 Å². The lowest BCUT2D eigenvalue weighted by atomic mass is 10.2. The molecule has 0 saturated heterocycles. The first-order chi connectivity index (χ1) is 11.0. The van der Waals surface area contributed by atoms with E-state index in [1.165, 1.54) is 25.3 Å². The predicted molar refractivity (Wildman–Crippen MR) is 86.4 cm³/mol. The molecule has 0 bridgehead atoms. The summed E-state index contributed by atoms with van der Waals surface area (Å²) in [5.41, 5.74) is 0.788. The Labute approximate surface area is 137 Å². The zero-order valence-corrected chi connectivity index (χ0v) is 12.8. The molecule has 0 unspecified atom stereocenters. The van der Waals surface area contributed by atoms with Crippen molar-refractivity contribution in [3.05, 3.63) is 53.1 Å². The molecule has 7 heteroatoms. The Balaban J connectivity index is 2.14. The average molecular weight is 330 g/mol. The van der Waals surface area contributed by atoms with Crippen LogP contribution in [-0.4, -0.2) is 18.9 Å². The number of nitrogens with one attached hydrogen (secondary N) is 2. The zero-order chi connectivity index (χ0) is 16.8. The Morgan fingerprint density at radius 3 is 2.39 bits per heavy atom. The third-order valence-electron chi connectivity index (χ3n) is 2.91. The Morgan fingerprint density at radius 2 is 1.74 bits per heavy atom. The number of ether oxygens (including phenoxy) is 1. The standard InChI is InChI=1S/C16H12ClN3O3/c1-23-14-7-6-11(17)8-13(14)20-16(22)15(21)19-12-5-3-2-4-10(12)9-18/h2-8H,1H3,(H,19,21)(H,20,22). The smallest absolute Gasteiger partial charge is 0.314 e. The van der Waals surface area contributed by atoms with Crippen LogP contribution in [-0.2, 0) is 9.59 Å². The number of para-hydroxylation sites is 1. The number of hydrogen-bond acceptors (Lipinski definition) is 4. The first kappa shape index (κ1) is 16.3. The fourth-order valence-electron chi connectivity index (χ4n) is 1.83. The highest BCUT2D eigenvalue weighted by Crippen LogP contribution is 2.27. The average Bonchev–Trinajstić information content (AvgIpc) is 2.55. The summed E-state index contributed by atoms with van der Waals surface area (Å²) in [4.78, 5) is 24.0. The van der Waals surface area contributed by atoms with Gasteiger partial charge in [-0.3, -0.25) is 9.59 Å². The first-order valence-corrected chi connectivity index (χ1v) is 6.88. The van der Waals surface area contributed by atoms with Crippen LogP contribution in [0.3, 0.4) is 0 Å². The number of anilines is 2. The van der Waals surface area contributed by atoms with Crippen LogP contribution in [0.2, 0.25) is 5.02 Å². The molecule has 0 atom stereocenters. The topological polar surface area (TPSA) is 91.2 Å². The molecule has 0 radical (unpaired) electrons. The molecule has 0 aliphatic heterocycles.